The number of hydrogen-bond donors (Lipinski definition) is 2. The van der Waals surface area contributed by atoms with Gasteiger partial charge in [0.2, 0.25) is 5.91 Å². The Kier molecular flexibility index (Phi) is 3.71. The Balaban J connectivity index is 1.94. The van der Waals surface area contributed by atoms with Crippen molar-refractivity contribution < 1.29 is 4.79 Å². The first-order valence-corrected chi connectivity index (χ1v) is 7.68. The third-order valence-electron chi connectivity index (χ3n) is 3.83. The number of halogens is 1. The van der Waals surface area contributed by atoms with Gasteiger partial charge in [0.25, 0.3) is 0 Å². The van der Waals surface area contributed by atoms with E-state index in [4.69, 9.17) is 5.73 Å². The average Bonchev–Trinajstić information content (AvgIpc) is 2.46. The molecule has 1 atom stereocenters. The van der Waals surface area contributed by atoms with E-state index in [1.54, 1.807) is 11.1 Å². The zero-order chi connectivity index (χ0) is 15.0. The van der Waals surface area contributed by atoms with Crippen LogP contribution in [0.25, 0.3) is 10.9 Å². The van der Waals surface area contributed by atoms with Gasteiger partial charge in [-0.15, -0.1) is 0 Å². The second kappa shape index (κ2) is 5.52. The smallest absolute Gasteiger partial charge is 0.222 e. The topological polar surface area (TPSA) is 71.2 Å². The van der Waals surface area contributed by atoms with Crippen LogP contribution in [0.1, 0.15) is 12.8 Å². The molecule has 1 saturated heterocycles. The van der Waals surface area contributed by atoms with Gasteiger partial charge in [-0.05, 0) is 24.6 Å². The summed E-state index contributed by atoms with van der Waals surface area (Å²) < 4.78 is 0.987. The molecule has 3 N–H and O–H groups in total. The van der Waals surface area contributed by atoms with E-state index < -0.39 is 0 Å². The van der Waals surface area contributed by atoms with Gasteiger partial charge in [0.15, 0.2) is 0 Å². The molecule has 0 aliphatic carbocycles. The fourth-order valence-electron chi connectivity index (χ4n) is 2.68. The number of carbonyl (C=O) groups excluding carboxylic acids is 1. The number of pyridine rings is 1. The summed E-state index contributed by atoms with van der Waals surface area (Å²) in [6.07, 6.45) is 3.07. The van der Waals surface area contributed by atoms with E-state index in [0.717, 1.165) is 27.5 Å². The number of anilines is 2. The van der Waals surface area contributed by atoms with Crippen molar-refractivity contribution in [3.8, 4) is 0 Å². The zero-order valence-corrected chi connectivity index (χ0v) is 13.4. The van der Waals surface area contributed by atoms with Crippen molar-refractivity contribution in [2.75, 3.05) is 24.6 Å². The molecule has 2 aromatic rings. The first kappa shape index (κ1) is 14.1. The van der Waals surface area contributed by atoms with Crippen LogP contribution in [-0.4, -0.2) is 35.4 Å². The van der Waals surface area contributed by atoms with E-state index in [0.29, 0.717) is 18.7 Å². The largest absolute Gasteiger partial charge is 0.396 e. The quantitative estimate of drug-likeness (QED) is 0.874. The summed E-state index contributed by atoms with van der Waals surface area (Å²) in [7, 11) is 1.83. The van der Waals surface area contributed by atoms with Crippen molar-refractivity contribution in [3.05, 3.63) is 28.9 Å². The number of rotatable bonds is 2. The fourth-order valence-corrected chi connectivity index (χ4v) is 3.04. The Hall–Kier alpha value is -1.82. The summed E-state index contributed by atoms with van der Waals surface area (Å²) in [5.74, 6) is 0.198. The lowest BCUT2D eigenvalue weighted by Gasteiger charge is -2.31. The van der Waals surface area contributed by atoms with Crippen molar-refractivity contribution in [3.63, 3.8) is 0 Å². The number of likely N-dealkylation sites (N-methyl/N-ethyl adjacent to an activating group) is 1. The van der Waals surface area contributed by atoms with Crippen LogP contribution in [0.5, 0.6) is 0 Å². The van der Waals surface area contributed by atoms with Gasteiger partial charge in [-0.3, -0.25) is 9.78 Å². The molecular formula is C15H17BrN4O. The lowest BCUT2D eigenvalue weighted by atomic mass is 10.0. The van der Waals surface area contributed by atoms with Gasteiger partial charge >= 0.3 is 0 Å². The third-order valence-corrected chi connectivity index (χ3v) is 4.33. The number of likely N-dealkylation sites (tertiary alicyclic amines) is 1. The van der Waals surface area contributed by atoms with E-state index in [2.05, 4.69) is 26.2 Å². The highest BCUT2D eigenvalue weighted by molar-refractivity contribution is 9.10. The Labute approximate surface area is 131 Å². The third kappa shape index (κ3) is 2.81. The van der Waals surface area contributed by atoms with Gasteiger partial charge in [0, 0.05) is 35.9 Å². The molecule has 5 nitrogen and oxygen atoms in total. The highest BCUT2D eigenvalue weighted by Crippen LogP contribution is 2.31. The first-order valence-electron chi connectivity index (χ1n) is 6.89. The van der Waals surface area contributed by atoms with E-state index in [1.807, 2.05) is 25.2 Å². The summed E-state index contributed by atoms with van der Waals surface area (Å²) in [6, 6.07) is 6.14. The minimum absolute atomic E-state index is 0.198. The van der Waals surface area contributed by atoms with Gasteiger partial charge < -0.3 is 16.0 Å². The maximum absolute atomic E-state index is 11.6. The number of fused-ring (bicyclic) bond motifs is 1. The molecule has 2 heterocycles. The van der Waals surface area contributed by atoms with Crippen LogP contribution in [0, 0.1) is 0 Å². The number of nitrogens with two attached hydrogens (primary N) is 1. The summed E-state index contributed by atoms with van der Waals surface area (Å²) in [6.45, 7) is 0.691. The second-order valence-corrected chi connectivity index (χ2v) is 6.32. The minimum Gasteiger partial charge on any atom is -0.396 e. The Morgan fingerprint density at radius 3 is 3.05 bits per heavy atom. The van der Waals surface area contributed by atoms with Crippen LogP contribution < -0.4 is 11.1 Å². The molecule has 1 unspecified atom stereocenters. The molecule has 3 rings (SSSR count). The molecule has 0 spiro atoms. The van der Waals surface area contributed by atoms with Crippen LogP contribution in [0.3, 0.4) is 0 Å². The van der Waals surface area contributed by atoms with E-state index in [-0.39, 0.29) is 11.9 Å². The maximum Gasteiger partial charge on any atom is 0.222 e. The molecule has 0 radical (unpaired) electrons. The molecule has 1 amide bonds. The predicted octanol–water partition coefficient (Wildman–Crippen LogP) is 2.61. The van der Waals surface area contributed by atoms with Crippen molar-refractivity contribution in [2.45, 2.75) is 18.9 Å². The average molecular weight is 349 g/mol. The normalized spacial score (nSPS) is 19.0. The predicted molar refractivity (Wildman–Crippen MR) is 88.1 cm³/mol. The molecule has 1 fully saturated rings. The Bertz CT molecular complexity index is 698. The van der Waals surface area contributed by atoms with Gasteiger partial charge in [-0.1, -0.05) is 15.9 Å². The summed E-state index contributed by atoms with van der Waals surface area (Å²) in [5, 5.41) is 4.48. The molecule has 1 aliphatic heterocycles. The zero-order valence-electron chi connectivity index (χ0n) is 11.8. The number of carbonyl (C=O) groups is 1. The molecule has 110 valence electrons. The molecule has 0 saturated carbocycles. The number of nitrogen functional groups attached to an aromatic ring is 1. The number of aromatic nitrogens is 1. The molecule has 1 aromatic carbocycles. The van der Waals surface area contributed by atoms with Crippen LogP contribution in [0.4, 0.5) is 11.4 Å². The second-order valence-electron chi connectivity index (χ2n) is 5.40. The number of piperidine rings is 1. The van der Waals surface area contributed by atoms with Crippen LogP contribution in [0.2, 0.25) is 0 Å². The number of hydrogen-bond acceptors (Lipinski definition) is 4. The SMILES string of the molecule is CN1CC(Nc2c(N)cnc3ccc(Br)cc23)CCC1=O. The number of nitrogens with one attached hydrogen (secondary N) is 1. The standard InChI is InChI=1S/C15H17BrN4O/c1-20-8-10(3-5-14(20)21)19-15-11-6-9(16)2-4-13(11)18-7-12(15)17/h2,4,6-7,10H,3,5,8,17H2,1H3,(H,18,19). The Morgan fingerprint density at radius 1 is 1.48 bits per heavy atom. The lowest BCUT2D eigenvalue weighted by molar-refractivity contribution is -0.132. The van der Waals surface area contributed by atoms with Crippen molar-refractivity contribution in [1.82, 2.24) is 9.88 Å². The van der Waals surface area contributed by atoms with Gasteiger partial charge in [-0.25, -0.2) is 0 Å². The molecule has 1 aromatic heterocycles. The lowest BCUT2D eigenvalue weighted by Crippen LogP contribution is -2.43. The van der Waals surface area contributed by atoms with E-state index in [9.17, 15) is 4.79 Å². The van der Waals surface area contributed by atoms with E-state index in [1.165, 1.54) is 0 Å². The summed E-state index contributed by atoms with van der Waals surface area (Å²) in [5.41, 5.74) is 8.52. The van der Waals surface area contributed by atoms with Crippen LogP contribution in [-0.2, 0) is 4.79 Å². The minimum atomic E-state index is 0.198. The molecule has 0 bridgehead atoms. The summed E-state index contributed by atoms with van der Waals surface area (Å²) in [4.78, 5) is 17.7. The van der Waals surface area contributed by atoms with Crippen molar-refractivity contribution in [2.24, 2.45) is 0 Å². The van der Waals surface area contributed by atoms with Crippen LogP contribution >= 0.6 is 15.9 Å². The fraction of sp³-hybridized carbons (Fsp3) is 0.333. The van der Waals surface area contributed by atoms with Crippen LogP contribution in [0.15, 0.2) is 28.9 Å². The molecular weight excluding hydrogens is 332 g/mol. The van der Waals surface area contributed by atoms with E-state index >= 15 is 0 Å². The van der Waals surface area contributed by atoms with Crippen molar-refractivity contribution in [1.29, 1.82) is 0 Å². The maximum atomic E-state index is 11.6. The monoisotopic (exact) mass is 348 g/mol. The molecule has 1 aliphatic rings. The molecule has 6 heteroatoms. The highest BCUT2D eigenvalue weighted by Gasteiger charge is 2.23. The molecule has 21 heavy (non-hydrogen) atoms. The summed E-state index contributed by atoms with van der Waals surface area (Å²) >= 11 is 3.48. The number of amides is 1. The van der Waals surface area contributed by atoms with Crippen molar-refractivity contribution >= 4 is 44.1 Å². The number of benzene rings is 1. The Morgan fingerprint density at radius 2 is 2.29 bits per heavy atom. The number of nitrogens with zero attached hydrogens (tertiary/aromatic N) is 2. The van der Waals surface area contributed by atoms with Gasteiger partial charge in [0.1, 0.15) is 0 Å². The van der Waals surface area contributed by atoms with Gasteiger partial charge in [0.05, 0.1) is 23.1 Å². The highest BCUT2D eigenvalue weighted by atomic mass is 79.9. The van der Waals surface area contributed by atoms with Gasteiger partial charge in [-0.2, -0.15) is 0 Å². The first-order chi connectivity index (χ1) is 10.0.